The third-order valence-electron chi connectivity index (χ3n) is 4.93. The summed E-state index contributed by atoms with van der Waals surface area (Å²) in [4.78, 5) is 0. The molecule has 1 spiro atoms. The Morgan fingerprint density at radius 3 is 2.81 bits per heavy atom. The van der Waals surface area contributed by atoms with E-state index < -0.39 is 0 Å². The van der Waals surface area contributed by atoms with Gasteiger partial charge in [0, 0.05) is 17.5 Å². The Morgan fingerprint density at radius 1 is 1.33 bits per heavy atom. The SMILES string of the molecule is C#C/C=C\C[C@@H]1CCC[C@]2(CCC[C@@H](O)[C@H]2/C=C\C=C)N1. The Balaban J connectivity index is 2.12. The van der Waals surface area contributed by atoms with E-state index in [1.54, 1.807) is 12.2 Å². The zero-order valence-electron chi connectivity index (χ0n) is 12.8. The molecule has 0 radical (unpaired) electrons. The predicted molar refractivity (Wildman–Crippen MR) is 88.8 cm³/mol. The first-order valence-corrected chi connectivity index (χ1v) is 8.08. The monoisotopic (exact) mass is 285 g/mol. The summed E-state index contributed by atoms with van der Waals surface area (Å²) in [6, 6.07) is 0.466. The molecule has 4 atom stereocenters. The molecule has 2 heteroatoms. The molecule has 1 aliphatic heterocycles. The van der Waals surface area contributed by atoms with Gasteiger partial charge in [-0.25, -0.2) is 0 Å². The van der Waals surface area contributed by atoms with Gasteiger partial charge in [0.1, 0.15) is 0 Å². The number of terminal acetylenes is 1. The van der Waals surface area contributed by atoms with Crippen LogP contribution in [0.2, 0.25) is 0 Å². The molecule has 2 nitrogen and oxygen atoms in total. The minimum Gasteiger partial charge on any atom is -0.392 e. The van der Waals surface area contributed by atoms with Gasteiger partial charge in [-0.1, -0.05) is 43.2 Å². The molecule has 1 saturated heterocycles. The number of nitrogens with one attached hydrogen (secondary N) is 1. The number of piperidine rings is 1. The summed E-state index contributed by atoms with van der Waals surface area (Å²) in [7, 11) is 0. The molecule has 0 aromatic rings. The maximum atomic E-state index is 10.4. The zero-order chi connectivity index (χ0) is 15.1. The van der Waals surface area contributed by atoms with E-state index in [1.165, 1.54) is 12.8 Å². The average molecular weight is 285 g/mol. The Kier molecular flexibility index (Phi) is 5.85. The van der Waals surface area contributed by atoms with Gasteiger partial charge >= 0.3 is 0 Å². The average Bonchev–Trinajstić information content (AvgIpc) is 2.47. The number of aliphatic hydroxyl groups excluding tert-OH is 1. The normalized spacial score (nSPS) is 37.0. The van der Waals surface area contributed by atoms with Gasteiger partial charge in [-0.3, -0.25) is 0 Å². The van der Waals surface area contributed by atoms with Crippen LogP contribution in [0.3, 0.4) is 0 Å². The maximum absolute atomic E-state index is 10.4. The third-order valence-corrected chi connectivity index (χ3v) is 4.93. The van der Waals surface area contributed by atoms with Gasteiger partial charge in [0.05, 0.1) is 6.10 Å². The van der Waals surface area contributed by atoms with Crippen molar-refractivity contribution in [2.24, 2.45) is 5.92 Å². The second kappa shape index (κ2) is 7.64. The maximum Gasteiger partial charge on any atom is 0.0620 e. The third kappa shape index (κ3) is 3.87. The minimum absolute atomic E-state index is 0.0457. The zero-order valence-corrected chi connectivity index (χ0v) is 12.8. The van der Waals surface area contributed by atoms with Crippen molar-refractivity contribution >= 4 is 0 Å². The van der Waals surface area contributed by atoms with E-state index in [0.29, 0.717) is 6.04 Å². The molecular formula is C19H27NO. The van der Waals surface area contributed by atoms with E-state index in [2.05, 4.69) is 30.0 Å². The highest BCUT2D eigenvalue weighted by atomic mass is 16.3. The van der Waals surface area contributed by atoms with Crippen molar-refractivity contribution in [3.8, 4) is 12.3 Å². The van der Waals surface area contributed by atoms with E-state index in [4.69, 9.17) is 6.42 Å². The molecular weight excluding hydrogens is 258 g/mol. The van der Waals surface area contributed by atoms with Crippen molar-refractivity contribution in [3.63, 3.8) is 0 Å². The number of hydrogen-bond acceptors (Lipinski definition) is 2. The second-order valence-corrected chi connectivity index (χ2v) is 6.30. The summed E-state index contributed by atoms with van der Waals surface area (Å²) < 4.78 is 0. The Morgan fingerprint density at radius 2 is 2.10 bits per heavy atom. The first kappa shape index (κ1) is 16.1. The van der Waals surface area contributed by atoms with Crippen molar-refractivity contribution in [3.05, 3.63) is 37.0 Å². The van der Waals surface area contributed by atoms with Gasteiger partial charge in [-0.15, -0.1) is 6.42 Å². The van der Waals surface area contributed by atoms with E-state index in [9.17, 15) is 5.11 Å². The van der Waals surface area contributed by atoms with Crippen molar-refractivity contribution in [2.45, 2.75) is 62.6 Å². The first-order valence-electron chi connectivity index (χ1n) is 8.08. The topological polar surface area (TPSA) is 32.3 Å². The molecule has 1 saturated carbocycles. The lowest BCUT2D eigenvalue weighted by Gasteiger charge is -2.51. The lowest BCUT2D eigenvalue weighted by atomic mass is 9.66. The molecule has 1 aliphatic carbocycles. The van der Waals surface area contributed by atoms with Crippen LogP contribution in [0.5, 0.6) is 0 Å². The lowest BCUT2D eigenvalue weighted by Crippen LogP contribution is -2.61. The highest BCUT2D eigenvalue weighted by Crippen LogP contribution is 2.41. The van der Waals surface area contributed by atoms with Gasteiger partial charge < -0.3 is 10.4 Å². The van der Waals surface area contributed by atoms with Gasteiger partial charge in [-0.05, 0) is 44.6 Å². The number of allylic oxidation sites excluding steroid dienone is 3. The van der Waals surface area contributed by atoms with E-state index in [0.717, 1.165) is 32.1 Å². The standard InChI is InChI=1S/C19H27NO/c1-3-5-7-10-16-11-8-14-19(20-16)15-9-13-18(21)17(19)12-6-4-2/h1,4-7,12,16-18,20-21H,2,8-11,13-15H2/b7-5-,12-6-/t16-,17-,18-,19-/m1/s1. The fraction of sp³-hybridized carbons (Fsp3) is 0.579. The van der Waals surface area contributed by atoms with Gasteiger partial charge in [0.15, 0.2) is 0 Å². The van der Waals surface area contributed by atoms with E-state index in [1.807, 2.05) is 6.08 Å². The van der Waals surface area contributed by atoms with Gasteiger partial charge in [-0.2, -0.15) is 0 Å². The molecule has 2 aliphatic rings. The molecule has 0 bridgehead atoms. The van der Waals surface area contributed by atoms with Crippen LogP contribution in [0.15, 0.2) is 37.0 Å². The van der Waals surface area contributed by atoms with Crippen molar-refractivity contribution < 1.29 is 5.11 Å². The summed E-state index contributed by atoms with van der Waals surface area (Å²) in [6.07, 6.45) is 22.5. The smallest absolute Gasteiger partial charge is 0.0620 e. The van der Waals surface area contributed by atoms with Crippen LogP contribution in [-0.4, -0.2) is 22.8 Å². The highest BCUT2D eigenvalue weighted by molar-refractivity contribution is 5.15. The Hall–Kier alpha value is -1.30. The highest BCUT2D eigenvalue weighted by Gasteiger charge is 2.45. The molecule has 114 valence electrons. The quantitative estimate of drug-likeness (QED) is 0.613. The molecule has 2 fully saturated rings. The second-order valence-electron chi connectivity index (χ2n) is 6.30. The molecule has 0 aromatic heterocycles. The van der Waals surface area contributed by atoms with Crippen LogP contribution in [0.1, 0.15) is 44.9 Å². The lowest BCUT2D eigenvalue weighted by molar-refractivity contribution is 0.00392. The fourth-order valence-corrected chi connectivity index (χ4v) is 4.00. The molecule has 0 aromatic carbocycles. The van der Waals surface area contributed by atoms with Crippen LogP contribution in [0.4, 0.5) is 0 Å². The summed E-state index contributed by atoms with van der Waals surface area (Å²) in [6.45, 7) is 3.75. The molecule has 2 rings (SSSR count). The predicted octanol–water partition coefficient (Wildman–Crippen LogP) is 3.35. The van der Waals surface area contributed by atoms with Crippen molar-refractivity contribution in [1.29, 1.82) is 0 Å². The fourth-order valence-electron chi connectivity index (χ4n) is 4.00. The van der Waals surface area contributed by atoms with Gasteiger partial charge in [0.25, 0.3) is 0 Å². The molecule has 0 unspecified atom stereocenters. The van der Waals surface area contributed by atoms with Crippen molar-refractivity contribution in [1.82, 2.24) is 5.32 Å². The van der Waals surface area contributed by atoms with Crippen LogP contribution in [-0.2, 0) is 0 Å². The molecule has 2 N–H and O–H groups in total. The van der Waals surface area contributed by atoms with Crippen LogP contribution < -0.4 is 5.32 Å². The summed E-state index contributed by atoms with van der Waals surface area (Å²) >= 11 is 0. The molecule has 0 amide bonds. The van der Waals surface area contributed by atoms with E-state index >= 15 is 0 Å². The number of aliphatic hydroxyl groups is 1. The molecule has 1 heterocycles. The minimum atomic E-state index is -0.248. The van der Waals surface area contributed by atoms with Gasteiger partial charge in [0.2, 0.25) is 0 Å². The largest absolute Gasteiger partial charge is 0.392 e. The number of rotatable bonds is 4. The van der Waals surface area contributed by atoms with Crippen LogP contribution in [0, 0.1) is 18.3 Å². The number of hydrogen-bond donors (Lipinski definition) is 2. The Bertz CT molecular complexity index is 441. The first-order chi connectivity index (χ1) is 10.2. The Labute approximate surface area is 129 Å². The summed E-state index contributed by atoms with van der Waals surface area (Å²) in [5.74, 6) is 2.74. The molecule has 21 heavy (non-hydrogen) atoms. The summed E-state index contributed by atoms with van der Waals surface area (Å²) in [5.41, 5.74) is 0.0457. The summed E-state index contributed by atoms with van der Waals surface area (Å²) in [5, 5.41) is 14.3. The van der Waals surface area contributed by atoms with Crippen molar-refractivity contribution in [2.75, 3.05) is 0 Å². The van der Waals surface area contributed by atoms with E-state index in [-0.39, 0.29) is 17.6 Å². The van der Waals surface area contributed by atoms with Crippen LogP contribution >= 0.6 is 0 Å². The van der Waals surface area contributed by atoms with Crippen LogP contribution in [0.25, 0.3) is 0 Å².